The van der Waals surface area contributed by atoms with Crippen LogP contribution in [0.5, 0.6) is 11.5 Å². The quantitative estimate of drug-likeness (QED) is 0.383. The van der Waals surface area contributed by atoms with Crippen LogP contribution in [-0.4, -0.2) is 49.6 Å². The summed E-state index contributed by atoms with van der Waals surface area (Å²) in [4.78, 5) is 26.8. The molecule has 0 atom stereocenters. The number of ether oxygens (including phenoxy) is 2. The number of rotatable bonds is 12. The average Bonchev–Trinajstić information content (AvgIpc) is 2.87. The Labute approximate surface area is 200 Å². The molecule has 0 aliphatic rings. The van der Waals surface area contributed by atoms with E-state index in [-0.39, 0.29) is 18.4 Å². The van der Waals surface area contributed by atoms with E-state index >= 15 is 0 Å². The summed E-state index contributed by atoms with van der Waals surface area (Å²) in [6, 6.07) is 24.0. The van der Waals surface area contributed by atoms with Crippen molar-refractivity contribution in [2.45, 2.75) is 13.8 Å². The summed E-state index contributed by atoms with van der Waals surface area (Å²) in [5, 5.41) is 5.95. The molecule has 0 unspecified atom stereocenters. The summed E-state index contributed by atoms with van der Waals surface area (Å²) in [5.41, 5.74) is 1.83. The minimum atomic E-state index is -0.227. The van der Waals surface area contributed by atoms with Gasteiger partial charge in [-0.2, -0.15) is 0 Å². The first-order valence-electron chi connectivity index (χ1n) is 11.4. The van der Waals surface area contributed by atoms with Gasteiger partial charge in [0.05, 0.1) is 12.2 Å². The molecular weight excluding hydrogens is 430 g/mol. The number of anilines is 2. The Hall–Kier alpha value is -4.00. The van der Waals surface area contributed by atoms with Gasteiger partial charge in [-0.05, 0) is 56.3 Å². The predicted octanol–water partition coefficient (Wildman–Crippen LogP) is 4.68. The average molecular weight is 462 g/mol. The lowest BCUT2D eigenvalue weighted by molar-refractivity contribution is -0.114. The summed E-state index contributed by atoms with van der Waals surface area (Å²) in [7, 11) is 0. The number of para-hydroxylation sites is 3. The summed E-state index contributed by atoms with van der Waals surface area (Å²) >= 11 is 0. The molecule has 0 saturated carbocycles. The van der Waals surface area contributed by atoms with Gasteiger partial charge in [-0.15, -0.1) is 0 Å². The first-order chi connectivity index (χ1) is 16.6. The Balaban J connectivity index is 1.50. The molecule has 0 radical (unpaired) electrons. The van der Waals surface area contributed by atoms with Crippen LogP contribution in [0.3, 0.4) is 0 Å². The highest BCUT2D eigenvalue weighted by molar-refractivity contribution is 5.98. The predicted molar refractivity (Wildman–Crippen MR) is 135 cm³/mol. The van der Waals surface area contributed by atoms with E-state index in [0.717, 1.165) is 5.75 Å². The molecule has 0 saturated heterocycles. The van der Waals surface area contributed by atoms with Gasteiger partial charge in [-0.25, -0.2) is 0 Å². The van der Waals surface area contributed by atoms with Gasteiger partial charge in [0.25, 0.3) is 5.91 Å². The normalized spacial score (nSPS) is 10.3. The van der Waals surface area contributed by atoms with Crippen molar-refractivity contribution in [3.8, 4) is 11.5 Å². The van der Waals surface area contributed by atoms with E-state index in [4.69, 9.17) is 9.47 Å². The van der Waals surface area contributed by atoms with E-state index in [2.05, 4.69) is 10.6 Å². The molecule has 7 heteroatoms. The van der Waals surface area contributed by atoms with Crippen LogP contribution in [0, 0.1) is 0 Å². The number of nitrogens with zero attached hydrogens (tertiary/aromatic N) is 1. The van der Waals surface area contributed by atoms with Crippen LogP contribution in [0.1, 0.15) is 24.2 Å². The summed E-state index contributed by atoms with van der Waals surface area (Å²) < 4.78 is 11.5. The molecule has 0 heterocycles. The largest absolute Gasteiger partial charge is 0.490 e. The third-order valence-electron chi connectivity index (χ3n) is 5.12. The van der Waals surface area contributed by atoms with Gasteiger partial charge in [-0.1, -0.05) is 36.4 Å². The Morgan fingerprint density at radius 1 is 0.824 bits per heavy atom. The van der Waals surface area contributed by atoms with Crippen LogP contribution < -0.4 is 20.1 Å². The Morgan fingerprint density at radius 2 is 1.53 bits per heavy atom. The molecule has 34 heavy (non-hydrogen) atoms. The fourth-order valence-corrected chi connectivity index (χ4v) is 3.37. The summed E-state index contributed by atoms with van der Waals surface area (Å²) in [5.74, 6) is 1.15. The van der Waals surface area contributed by atoms with Crippen molar-refractivity contribution in [1.29, 1.82) is 0 Å². The molecular formula is C27H31N3O4. The monoisotopic (exact) mass is 461 g/mol. The highest BCUT2D eigenvalue weighted by atomic mass is 16.5. The van der Waals surface area contributed by atoms with Crippen molar-refractivity contribution in [3.05, 3.63) is 84.4 Å². The zero-order chi connectivity index (χ0) is 24.2. The third kappa shape index (κ3) is 7.27. The third-order valence-corrected chi connectivity index (χ3v) is 5.12. The highest BCUT2D eigenvalue weighted by Gasteiger charge is 2.13. The SMILES string of the molecule is CCN(CC)C(=O)c1cccc(NC(=O)CNc2ccccc2OCCOc2ccccc2)c1. The molecule has 0 spiro atoms. The maximum Gasteiger partial charge on any atom is 0.253 e. The Morgan fingerprint density at radius 3 is 2.29 bits per heavy atom. The molecule has 3 rings (SSSR count). The van der Waals surface area contributed by atoms with Crippen molar-refractivity contribution in [3.63, 3.8) is 0 Å². The first-order valence-corrected chi connectivity index (χ1v) is 11.4. The minimum absolute atomic E-state index is 0.0507. The summed E-state index contributed by atoms with van der Waals surface area (Å²) in [6.45, 7) is 5.97. The standard InChI is InChI=1S/C27H31N3O4/c1-3-30(4-2)27(32)21-11-10-12-22(19-21)29-26(31)20-28-24-15-8-9-16-25(24)34-18-17-33-23-13-6-5-7-14-23/h5-16,19,28H,3-4,17-18,20H2,1-2H3,(H,29,31). The smallest absolute Gasteiger partial charge is 0.253 e. The molecule has 3 aromatic carbocycles. The van der Waals surface area contributed by atoms with Crippen molar-refractivity contribution in [2.75, 3.05) is 43.5 Å². The van der Waals surface area contributed by atoms with Crippen LogP contribution in [0.4, 0.5) is 11.4 Å². The van der Waals surface area contributed by atoms with Crippen molar-refractivity contribution in [1.82, 2.24) is 4.90 Å². The number of hydrogen-bond donors (Lipinski definition) is 2. The number of nitrogens with one attached hydrogen (secondary N) is 2. The number of carbonyl (C=O) groups is 2. The maximum atomic E-state index is 12.6. The molecule has 0 fully saturated rings. The fourth-order valence-electron chi connectivity index (χ4n) is 3.37. The van der Waals surface area contributed by atoms with E-state index in [9.17, 15) is 9.59 Å². The van der Waals surface area contributed by atoms with Crippen LogP contribution >= 0.6 is 0 Å². The van der Waals surface area contributed by atoms with Gasteiger partial charge in [0.1, 0.15) is 24.7 Å². The van der Waals surface area contributed by atoms with E-state index in [1.807, 2.05) is 68.4 Å². The van der Waals surface area contributed by atoms with Gasteiger partial charge < -0.3 is 25.0 Å². The van der Waals surface area contributed by atoms with Gasteiger partial charge in [0.15, 0.2) is 0 Å². The molecule has 0 aromatic heterocycles. The zero-order valence-corrected chi connectivity index (χ0v) is 19.6. The van der Waals surface area contributed by atoms with Gasteiger partial charge in [0.2, 0.25) is 5.91 Å². The molecule has 0 bridgehead atoms. The summed E-state index contributed by atoms with van der Waals surface area (Å²) in [6.07, 6.45) is 0. The number of hydrogen-bond acceptors (Lipinski definition) is 5. The van der Waals surface area contributed by atoms with Crippen LogP contribution in [0.25, 0.3) is 0 Å². The van der Waals surface area contributed by atoms with Crippen LogP contribution in [0.15, 0.2) is 78.9 Å². The van der Waals surface area contributed by atoms with Crippen LogP contribution in [0.2, 0.25) is 0 Å². The van der Waals surface area contributed by atoms with Gasteiger partial charge >= 0.3 is 0 Å². The maximum absolute atomic E-state index is 12.6. The van der Waals surface area contributed by atoms with E-state index in [1.54, 1.807) is 29.2 Å². The Bertz CT molecular complexity index is 1070. The number of amides is 2. The number of benzene rings is 3. The van der Waals surface area contributed by atoms with Crippen LogP contribution in [-0.2, 0) is 4.79 Å². The first kappa shape index (κ1) is 24.6. The van der Waals surface area contributed by atoms with Gasteiger partial charge in [-0.3, -0.25) is 9.59 Å². The van der Waals surface area contributed by atoms with E-state index in [1.165, 1.54) is 0 Å². The topological polar surface area (TPSA) is 79.9 Å². The van der Waals surface area contributed by atoms with E-state index < -0.39 is 0 Å². The molecule has 0 aliphatic carbocycles. The van der Waals surface area contributed by atoms with Crippen molar-refractivity contribution in [2.24, 2.45) is 0 Å². The van der Waals surface area contributed by atoms with Crippen molar-refractivity contribution < 1.29 is 19.1 Å². The number of carbonyl (C=O) groups excluding carboxylic acids is 2. The molecule has 0 aliphatic heterocycles. The Kier molecular flexibility index (Phi) is 9.34. The van der Waals surface area contributed by atoms with E-state index in [0.29, 0.717) is 49.0 Å². The molecule has 2 amide bonds. The second-order valence-corrected chi connectivity index (χ2v) is 7.47. The molecule has 2 N–H and O–H groups in total. The molecule has 178 valence electrons. The van der Waals surface area contributed by atoms with Crippen molar-refractivity contribution >= 4 is 23.2 Å². The minimum Gasteiger partial charge on any atom is -0.490 e. The van der Waals surface area contributed by atoms with Gasteiger partial charge in [0, 0.05) is 24.3 Å². The molecule has 3 aromatic rings. The fraction of sp³-hybridized carbons (Fsp3) is 0.259. The second kappa shape index (κ2) is 12.9. The lowest BCUT2D eigenvalue weighted by Crippen LogP contribution is -2.30. The second-order valence-electron chi connectivity index (χ2n) is 7.47. The lowest BCUT2D eigenvalue weighted by Gasteiger charge is -2.19. The molecule has 7 nitrogen and oxygen atoms in total. The highest BCUT2D eigenvalue weighted by Crippen LogP contribution is 2.23. The zero-order valence-electron chi connectivity index (χ0n) is 19.6. The lowest BCUT2D eigenvalue weighted by atomic mass is 10.1.